The number of carbonyl (C=O) groups is 3. The number of imide groups is 1. The van der Waals surface area contributed by atoms with Gasteiger partial charge in [0.1, 0.15) is 5.02 Å². The van der Waals surface area contributed by atoms with E-state index in [-0.39, 0.29) is 52.6 Å². The fourth-order valence-electron chi connectivity index (χ4n) is 6.66. The molecule has 238 valence electrons. The summed E-state index contributed by atoms with van der Waals surface area (Å²) in [4.78, 5) is 48.9. The molecule has 2 saturated heterocycles. The zero-order chi connectivity index (χ0) is 32.3. The van der Waals surface area contributed by atoms with Crippen molar-refractivity contribution < 1.29 is 18.8 Å². The number of amides is 3. The maximum Gasteiger partial charge on any atom is 0.235 e. The first kappa shape index (κ1) is 29.9. The molecule has 0 unspecified atom stereocenters. The number of anilines is 5. The van der Waals surface area contributed by atoms with Gasteiger partial charge in [0.2, 0.25) is 23.7 Å². The van der Waals surface area contributed by atoms with Crippen molar-refractivity contribution in [3.05, 3.63) is 58.6 Å². The third-order valence-electron chi connectivity index (χ3n) is 9.26. The van der Waals surface area contributed by atoms with E-state index in [4.69, 9.17) is 11.6 Å². The predicted octanol–water partition coefficient (Wildman–Crippen LogP) is 4.27. The summed E-state index contributed by atoms with van der Waals surface area (Å²) in [7, 11) is 3.49. The highest BCUT2D eigenvalue weighted by molar-refractivity contribution is 6.33. The molecule has 3 aliphatic heterocycles. The maximum atomic E-state index is 15.3. The van der Waals surface area contributed by atoms with Crippen LogP contribution in [0.1, 0.15) is 43.4 Å². The lowest BCUT2D eigenvalue weighted by atomic mass is 9.92. The molecule has 4 aromatic rings. The third kappa shape index (κ3) is 5.27. The lowest BCUT2D eigenvalue weighted by molar-refractivity contribution is -0.134. The number of aromatic nitrogens is 4. The minimum Gasteiger partial charge on any atom is -0.382 e. The molecule has 0 radical (unpaired) electrons. The number of fused-ring (bicyclic) bond motifs is 2. The third-order valence-corrected chi connectivity index (χ3v) is 9.53. The standard InChI is InChI=1S/C32H33ClFN9O3/c1-16-15-43(32-35-14-21(33)30(39-32)37-23-7-8-24-20(28(23)34)13-27(45)41(24)2)11-10-22(16)36-17-4-5-18-25(12-17)42(3)40-29(18)19-6-9-26(44)38-31(19)46/h4-5,7-8,12,14,16,19,22,36H,6,9-11,13,15H2,1-3H3,(H,35,37,39)(H,38,44,46)/t16-,19-,22-/m1/s1. The minimum atomic E-state index is -0.497. The Morgan fingerprint density at radius 3 is 2.72 bits per heavy atom. The Labute approximate surface area is 269 Å². The van der Waals surface area contributed by atoms with Gasteiger partial charge in [0.05, 0.1) is 41.1 Å². The molecule has 14 heteroatoms. The van der Waals surface area contributed by atoms with Gasteiger partial charge in [-0.15, -0.1) is 0 Å². The predicted molar refractivity (Wildman–Crippen MR) is 173 cm³/mol. The number of aryl methyl sites for hydroxylation is 1. The SMILES string of the molecule is C[C@@H]1CN(c2ncc(Cl)c(Nc3ccc4c(c3F)CC(=O)N4C)n2)CC[C@H]1Nc1ccc2c([C@H]3CCC(=O)NC3=O)nn(C)c2c1. The van der Waals surface area contributed by atoms with Crippen LogP contribution in [0.15, 0.2) is 36.5 Å². The van der Waals surface area contributed by atoms with Gasteiger partial charge in [-0.3, -0.25) is 24.4 Å². The molecule has 2 aromatic heterocycles. The van der Waals surface area contributed by atoms with E-state index in [1.165, 1.54) is 11.1 Å². The molecule has 3 atom stereocenters. The highest BCUT2D eigenvalue weighted by atomic mass is 35.5. The highest BCUT2D eigenvalue weighted by Gasteiger charge is 2.33. The van der Waals surface area contributed by atoms with Crippen molar-refractivity contribution >= 4 is 69.1 Å². The van der Waals surface area contributed by atoms with Crippen molar-refractivity contribution in [3.8, 4) is 0 Å². The normalized spacial score (nSPS) is 21.5. The van der Waals surface area contributed by atoms with Crippen molar-refractivity contribution in [3.63, 3.8) is 0 Å². The van der Waals surface area contributed by atoms with Crippen molar-refractivity contribution in [1.82, 2.24) is 25.1 Å². The van der Waals surface area contributed by atoms with Gasteiger partial charge < -0.3 is 20.4 Å². The van der Waals surface area contributed by atoms with Gasteiger partial charge in [0, 0.05) is 56.3 Å². The molecule has 2 aromatic carbocycles. The zero-order valence-corrected chi connectivity index (χ0v) is 26.4. The van der Waals surface area contributed by atoms with Crippen LogP contribution in [0.3, 0.4) is 0 Å². The van der Waals surface area contributed by atoms with E-state index in [2.05, 4.69) is 42.8 Å². The first-order chi connectivity index (χ1) is 22.1. The van der Waals surface area contributed by atoms with Gasteiger partial charge in [-0.2, -0.15) is 10.1 Å². The lowest BCUT2D eigenvalue weighted by Crippen LogP contribution is -2.46. The average Bonchev–Trinajstić information content (AvgIpc) is 3.51. The molecule has 3 aliphatic rings. The molecular formula is C32H33ClFN9O3. The quantitative estimate of drug-likeness (QED) is 0.263. The van der Waals surface area contributed by atoms with Crippen LogP contribution in [0.25, 0.3) is 10.9 Å². The molecule has 12 nitrogen and oxygen atoms in total. The molecule has 46 heavy (non-hydrogen) atoms. The largest absolute Gasteiger partial charge is 0.382 e. The zero-order valence-electron chi connectivity index (χ0n) is 25.6. The summed E-state index contributed by atoms with van der Waals surface area (Å²) in [6.45, 7) is 3.55. The molecule has 2 fully saturated rings. The Hall–Kier alpha value is -4.78. The number of rotatable bonds is 6. The number of halogens is 2. The summed E-state index contributed by atoms with van der Waals surface area (Å²) in [6, 6.07) is 9.51. The molecule has 0 saturated carbocycles. The molecule has 3 amide bonds. The van der Waals surface area contributed by atoms with Crippen LogP contribution in [0.2, 0.25) is 5.02 Å². The van der Waals surface area contributed by atoms with E-state index in [1.54, 1.807) is 23.9 Å². The lowest BCUT2D eigenvalue weighted by Gasteiger charge is -2.37. The number of hydrogen-bond donors (Lipinski definition) is 3. The maximum absolute atomic E-state index is 15.3. The first-order valence-corrected chi connectivity index (χ1v) is 15.6. The van der Waals surface area contributed by atoms with Crippen LogP contribution in [-0.4, -0.2) is 63.6 Å². The number of nitrogens with zero attached hydrogens (tertiary/aromatic N) is 6. The summed E-state index contributed by atoms with van der Waals surface area (Å²) in [6.07, 6.45) is 3.10. The Kier molecular flexibility index (Phi) is 7.50. The van der Waals surface area contributed by atoms with Gasteiger partial charge in [0.25, 0.3) is 0 Å². The average molecular weight is 646 g/mol. The van der Waals surface area contributed by atoms with Crippen LogP contribution in [-0.2, 0) is 27.9 Å². The van der Waals surface area contributed by atoms with Crippen molar-refractivity contribution in [2.24, 2.45) is 13.0 Å². The fourth-order valence-corrected chi connectivity index (χ4v) is 6.80. The fraction of sp³-hybridized carbons (Fsp3) is 0.375. The van der Waals surface area contributed by atoms with Crippen molar-refractivity contribution in [2.75, 3.05) is 40.6 Å². The molecule has 0 aliphatic carbocycles. The van der Waals surface area contributed by atoms with Crippen molar-refractivity contribution in [2.45, 2.75) is 44.6 Å². The Bertz CT molecular complexity index is 1910. The minimum absolute atomic E-state index is 0.0101. The molecule has 3 N–H and O–H groups in total. The Balaban J connectivity index is 1.03. The van der Waals surface area contributed by atoms with Crippen molar-refractivity contribution in [1.29, 1.82) is 0 Å². The summed E-state index contributed by atoms with van der Waals surface area (Å²) < 4.78 is 17.1. The van der Waals surface area contributed by atoms with E-state index in [9.17, 15) is 14.4 Å². The van der Waals surface area contributed by atoms with Crippen LogP contribution in [0.4, 0.5) is 33.2 Å². The number of nitrogens with one attached hydrogen (secondary N) is 3. The molecule has 0 spiro atoms. The van der Waals surface area contributed by atoms with E-state index in [0.717, 1.165) is 23.0 Å². The Morgan fingerprint density at radius 1 is 1.11 bits per heavy atom. The van der Waals surface area contributed by atoms with Gasteiger partial charge in [-0.25, -0.2) is 9.37 Å². The van der Waals surface area contributed by atoms with E-state index in [1.807, 2.05) is 25.2 Å². The molecular weight excluding hydrogens is 613 g/mol. The first-order valence-electron chi connectivity index (χ1n) is 15.3. The molecule has 0 bridgehead atoms. The van der Waals surface area contributed by atoms with Gasteiger partial charge in [0.15, 0.2) is 11.6 Å². The van der Waals surface area contributed by atoms with Crippen LogP contribution in [0, 0.1) is 11.7 Å². The van der Waals surface area contributed by atoms with E-state index in [0.29, 0.717) is 48.8 Å². The Morgan fingerprint density at radius 2 is 1.93 bits per heavy atom. The summed E-state index contributed by atoms with van der Waals surface area (Å²) in [5.41, 5.74) is 3.65. The van der Waals surface area contributed by atoms with E-state index >= 15 is 4.39 Å². The van der Waals surface area contributed by atoms with Crippen LogP contribution >= 0.6 is 11.6 Å². The topological polar surface area (TPSA) is 137 Å². The molecule has 5 heterocycles. The summed E-state index contributed by atoms with van der Waals surface area (Å²) in [5.74, 6) is -0.632. The van der Waals surface area contributed by atoms with E-state index < -0.39 is 11.7 Å². The molecule has 7 rings (SSSR count). The monoisotopic (exact) mass is 645 g/mol. The number of benzene rings is 2. The second-order valence-electron chi connectivity index (χ2n) is 12.3. The number of piperidine rings is 2. The van der Waals surface area contributed by atoms with Crippen LogP contribution in [0.5, 0.6) is 0 Å². The number of hydrogen-bond acceptors (Lipinski definition) is 9. The highest BCUT2D eigenvalue weighted by Crippen LogP contribution is 2.36. The second-order valence-corrected chi connectivity index (χ2v) is 12.7. The van der Waals surface area contributed by atoms with Gasteiger partial charge >= 0.3 is 0 Å². The summed E-state index contributed by atoms with van der Waals surface area (Å²) >= 11 is 6.41. The second kappa shape index (κ2) is 11.5. The van der Waals surface area contributed by atoms with Crippen LogP contribution < -0.4 is 25.8 Å². The summed E-state index contributed by atoms with van der Waals surface area (Å²) in [5, 5.41) is 14.9. The smallest absolute Gasteiger partial charge is 0.235 e. The number of carbonyl (C=O) groups excluding carboxylic acids is 3. The van der Waals surface area contributed by atoms with Gasteiger partial charge in [-0.1, -0.05) is 18.5 Å². The van der Waals surface area contributed by atoms with Gasteiger partial charge in [-0.05, 0) is 49.1 Å². The number of likely N-dealkylation sites (N-methyl/N-ethyl adjacent to an activating group) is 1.